The molecule has 0 aromatic heterocycles. The van der Waals surface area contributed by atoms with Crippen molar-refractivity contribution in [2.45, 2.75) is 12.8 Å². The normalized spacial score (nSPS) is 30.1. The monoisotopic (exact) mass is 344 g/mol. The molecular formula is C18H17ClN2O3. The Kier molecular flexibility index (Phi) is 3.68. The first-order valence-corrected chi connectivity index (χ1v) is 8.51. The molecule has 1 heterocycles. The zero-order valence-corrected chi connectivity index (χ0v) is 13.7. The summed E-state index contributed by atoms with van der Waals surface area (Å²) in [5.74, 6) is -0.453. The lowest BCUT2D eigenvalue weighted by Crippen LogP contribution is -2.35. The fraction of sp³-hybridized carbons (Fsp3) is 0.389. The van der Waals surface area contributed by atoms with E-state index in [0.29, 0.717) is 10.7 Å². The standard InChI is InChI=1S/C18H17ClN2O3/c19-12-3-5-13(6-4-12)20-14(22)7-8-21-17(23)15-10-1-2-11(9-10)16(15)18(21)24/h1-6,10-11,15-16H,7-9H2,(H,20,22)/t10-,11+,15-,16+. The minimum absolute atomic E-state index is 0.0995. The number of carbonyl (C=O) groups excluding carboxylic acids is 3. The maximum absolute atomic E-state index is 12.5. The lowest BCUT2D eigenvalue weighted by atomic mass is 9.85. The van der Waals surface area contributed by atoms with Crippen molar-refractivity contribution < 1.29 is 14.4 Å². The minimum atomic E-state index is -0.226. The Bertz CT molecular complexity index is 713. The molecule has 4 atom stereocenters. The molecule has 0 unspecified atom stereocenters. The second-order valence-electron chi connectivity index (χ2n) is 6.63. The lowest BCUT2D eigenvalue weighted by molar-refractivity contribution is -0.140. The summed E-state index contributed by atoms with van der Waals surface area (Å²) in [5, 5.41) is 3.34. The number of carbonyl (C=O) groups is 3. The Morgan fingerprint density at radius 3 is 2.25 bits per heavy atom. The summed E-state index contributed by atoms with van der Waals surface area (Å²) in [6.45, 7) is 0.142. The molecule has 0 radical (unpaired) electrons. The molecule has 4 rings (SSSR count). The van der Waals surface area contributed by atoms with E-state index in [1.165, 1.54) is 4.90 Å². The van der Waals surface area contributed by atoms with Crippen LogP contribution in [0.25, 0.3) is 0 Å². The molecule has 2 bridgehead atoms. The third-order valence-corrected chi connectivity index (χ3v) is 5.50. The summed E-state index contributed by atoms with van der Waals surface area (Å²) in [7, 11) is 0. The first kappa shape index (κ1) is 15.4. The van der Waals surface area contributed by atoms with Crippen molar-refractivity contribution in [2.24, 2.45) is 23.7 Å². The molecule has 1 aliphatic heterocycles. The molecule has 2 aliphatic carbocycles. The zero-order chi connectivity index (χ0) is 16.8. The predicted molar refractivity (Wildman–Crippen MR) is 89.1 cm³/mol. The van der Waals surface area contributed by atoms with E-state index in [4.69, 9.17) is 11.6 Å². The fourth-order valence-electron chi connectivity index (χ4n) is 4.15. The van der Waals surface area contributed by atoms with Crippen LogP contribution in [-0.2, 0) is 14.4 Å². The molecule has 124 valence electrons. The largest absolute Gasteiger partial charge is 0.326 e. The SMILES string of the molecule is O=C(CCN1C(=O)[C@@H]2[C@H](C1=O)[C@@H]1C=C[C@H]2C1)Nc1ccc(Cl)cc1. The number of likely N-dealkylation sites (tertiary alicyclic amines) is 1. The lowest BCUT2D eigenvalue weighted by Gasteiger charge is -2.16. The number of allylic oxidation sites excluding steroid dienone is 2. The third kappa shape index (κ3) is 2.44. The molecule has 2 fully saturated rings. The summed E-state index contributed by atoms with van der Waals surface area (Å²) >= 11 is 5.80. The van der Waals surface area contributed by atoms with Gasteiger partial charge in [-0.2, -0.15) is 0 Å². The van der Waals surface area contributed by atoms with E-state index in [1.54, 1.807) is 24.3 Å². The van der Waals surface area contributed by atoms with E-state index in [1.807, 2.05) is 0 Å². The van der Waals surface area contributed by atoms with E-state index < -0.39 is 0 Å². The predicted octanol–water partition coefficient (Wildman–Crippen LogP) is 2.48. The maximum Gasteiger partial charge on any atom is 0.233 e. The Morgan fingerprint density at radius 2 is 1.67 bits per heavy atom. The van der Waals surface area contributed by atoms with Gasteiger partial charge in [-0.25, -0.2) is 0 Å². The van der Waals surface area contributed by atoms with Gasteiger partial charge in [0.2, 0.25) is 17.7 Å². The van der Waals surface area contributed by atoms with Gasteiger partial charge < -0.3 is 5.32 Å². The number of rotatable bonds is 4. The van der Waals surface area contributed by atoms with Crippen molar-refractivity contribution in [3.63, 3.8) is 0 Å². The highest BCUT2D eigenvalue weighted by molar-refractivity contribution is 6.30. The van der Waals surface area contributed by atoms with Crippen LogP contribution in [0.15, 0.2) is 36.4 Å². The van der Waals surface area contributed by atoms with Gasteiger partial charge in [-0.15, -0.1) is 0 Å². The smallest absolute Gasteiger partial charge is 0.233 e. The van der Waals surface area contributed by atoms with Crippen LogP contribution in [0.4, 0.5) is 5.69 Å². The van der Waals surface area contributed by atoms with Crippen LogP contribution in [0.3, 0.4) is 0 Å². The number of amides is 3. The van der Waals surface area contributed by atoms with E-state index in [2.05, 4.69) is 17.5 Å². The summed E-state index contributed by atoms with van der Waals surface area (Å²) in [4.78, 5) is 38.4. The van der Waals surface area contributed by atoms with E-state index in [-0.39, 0.29) is 54.4 Å². The Labute approximate surface area is 144 Å². The molecule has 3 aliphatic rings. The first-order valence-electron chi connectivity index (χ1n) is 8.13. The van der Waals surface area contributed by atoms with Crippen LogP contribution >= 0.6 is 11.6 Å². The van der Waals surface area contributed by atoms with Gasteiger partial charge in [0, 0.05) is 23.7 Å². The number of fused-ring (bicyclic) bond motifs is 5. The molecule has 5 nitrogen and oxygen atoms in total. The van der Waals surface area contributed by atoms with Crippen molar-refractivity contribution in [1.82, 2.24) is 4.90 Å². The zero-order valence-electron chi connectivity index (χ0n) is 12.9. The van der Waals surface area contributed by atoms with Gasteiger partial charge in [-0.3, -0.25) is 19.3 Å². The van der Waals surface area contributed by atoms with Crippen LogP contribution < -0.4 is 5.32 Å². The number of nitrogens with zero attached hydrogens (tertiary/aromatic N) is 1. The summed E-state index contributed by atoms with van der Waals surface area (Å²) < 4.78 is 0. The average Bonchev–Trinajstić information content (AvgIpc) is 3.23. The molecule has 3 amide bonds. The van der Waals surface area contributed by atoms with Gasteiger partial charge in [0.1, 0.15) is 0 Å². The fourth-order valence-corrected chi connectivity index (χ4v) is 4.28. The second-order valence-corrected chi connectivity index (χ2v) is 7.07. The van der Waals surface area contributed by atoms with Crippen LogP contribution in [-0.4, -0.2) is 29.2 Å². The van der Waals surface area contributed by atoms with Gasteiger partial charge in [-0.05, 0) is 42.5 Å². The van der Waals surface area contributed by atoms with E-state index in [0.717, 1.165) is 6.42 Å². The molecule has 24 heavy (non-hydrogen) atoms. The van der Waals surface area contributed by atoms with Crippen LogP contribution in [0.5, 0.6) is 0 Å². The van der Waals surface area contributed by atoms with Crippen molar-refractivity contribution in [1.29, 1.82) is 0 Å². The van der Waals surface area contributed by atoms with Gasteiger partial charge >= 0.3 is 0 Å². The first-order chi connectivity index (χ1) is 11.5. The van der Waals surface area contributed by atoms with Crippen LogP contribution in [0.2, 0.25) is 5.02 Å². The Morgan fingerprint density at radius 1 is 1.08 bits per heavy atom. The molecule has 1 N–H and O–H groups in total. The molecule has 0 spiro atoms. The van der Waals surface area contributed by atoms with E-state index >= 15 is 0 Å². The second kappa shape index (κ2) is 5.74. The molecule has 1 aromatic carbocycles. The summed E-state index contributed by atoms with van der Waals surface area (Å²) in [5.41, 5.74) is 0.641. The highest BCUT2D eigenvalue weighted by Gasteiger charge is 2.58. The molecule has 1 saturated carbocycles. The average molecular weight is 345 g/mol. The number of hydrogen-bond donors (Lipinski definition) is 1. The topological polar surface area (TPSA) is 66.5 Å². The number of hydrogen-bond acceptors (Lipinski definition) is 3. The molecule has 1 saturated heterocycles. The van der Waals surface area contributed by atoms with Gasteiger partial charge in [0.05, 0.1) is 11.8 Å². The number of imide groups is 1. The molecule has 6 heteroatoms. The highest BCUT2D eigenvalue weighted by atomic mass is 35.5. The van der Waals surface area contributed by atoms with Crippen LogP contribution in [0.1, 0.15) is 12.8 Å². The Hall–Kier alpha value is -2.14. The van der Waals surface area contributed by atoms with Crippen molar-refractivity contribution in [3.05, 3.63) is 41.4 Å². The number of halogens is 1. The third-order valence-electron chi connectivity index (χ3n) is 5.25. The van der Waals surface area contributed by atoms with Crippen molar-refractivity contribution in [3.8, 4) is 0 Å². The van der Waals surface area contributed by atoms with Crippen molar-refractivity contribution in [2.75, 3.05) is 11.9 Å². The van der Waals surface area contributed by atoms with E-state index in [9.17, 15) is 14.4 Å². The quantitative estimate of drug-likeness (QED) is 0.674. The minimum Gasteiger partial charge on any atom is -0.326 e. The maximum atomic E-state index is 12.5. The highest BCUT2D eigenvalue weighted by Crippen LogP contribution is 2.52. The summed E-state index contributed by atoms with van der Waals surface area (Å²) in [6.07, 6.45) is 5.14. The Balaban J connectivity index is 1.36. The van der Waals surface area contributed by atoms with Crippen molar-refractivity contribution >= 4 is 35.0 Å². The van der Waals surface area contributed by atoms with Gasteiger partial charge in [0.25, 0.3) is 0 Å². The number of anilines is 1. The van der Waals surface area contributed by atoms with Crippen LogP contribution in [0, 0.1) is 23.7 Å². The van der Waals surface area contributed by atoms with Gasteiger partial charge in [0.15, 0.2) is 0 Å². The van der Waals surface area contributed by atoms with Gasteiger partial charge in [-0.1, -0.05) is 23.8 Å². The molecular weight excluding hydrogens is 328 g/mol. The number of benzene rings is 1. The number of nitrogens with one attached hydrogen (secondary N) is 1. The summed E-state index contributed by atoms with van der Waals surface area (Å²) in [6, 6.07) is 6.80. The molecule has 1 aromatic rings.